The minimum Gasteiger partial charge on any atom is -0.467 e. The lowest BCUT2D eigenvalue weighted by Crippen LogP contribution is -2.54. The maximum Gasteiger partial charge on any atom is 0.324 e. The Kier molecular flexibility index (Phi) is 2.68. The molecule has 1 aliphatic rings. The van der Waals surface area contributed by atoms with Crippen LogP contribution in [0.5, 0.6) is 0 Å². The van der Waals surface area contributed by atoms with E-state index in [2.05, 4.69) is 5.32 Å². The van der Waals surface area contributed by atoms with Crippen LogP contribution in [0.1, 0.15) is 25.6 Å². The van der Waals surface area contributed by atoms with Gasteiger partial charge in [-0.2, -0.15) is 0 Å². The van der Waals surface area contributed by atoms with Crippen LogP contribution in [0.4, 0.5) is 4.79 Å². The lowest BCUT2D eigenvalue weighted by Gasteiger charge is -2.33. The van der Waals surface area contributed by atoms with Crippen LogP contribution < -0.4 is 5.32 Å². The molecule has 1 saturated heterocycles. The smallest absolute Gasteiger partial charge is 0.324 e. The molecule has 3 amide bonds. The molecule has 2 rings (SSSR count). The number of nitrogens with one attached hydrogen (secondary N) is 1. The largest absolute Gasteiger partial charge is 0.467 e. The van der Waals surface area contributed by atoms with Crippen molar-refractivity contribution in [2.24, 2.45) is 5.92 Å². The van der Waals surface area contributed by atoms with Crippen molar-refractivity contribution in [2.75, 3.05) is 6.54 Å². The van der Waals surface area contributed by atoms with Gasteiger partial charge in [-0.25, -0.2) is 4.79 Å². The maximum absolute atomic E-state index is 11.6. The number of hydrogen-bond acceptors (Lipinski definition) is 3. The minimum absolute atomic E-state index is 0.162. The van der Waals surface area contributed by atoms with Crippen LogP contribution in [0.3, 0.4) is 0 Å². The van der Waals surface area contributed by atoms with E-state index in [1.54, 1.807) is 24.2 Å². The first kappa shape index (κ1) is 10.7. The van der Waals surface area contributed by atoms with E-state index in [1.807, 2.05) is 13.0 Å². The highest BCUT2D eigenvalue weighted by Crippen LogP contribution is 2.23. The molecule has 1 aliphatic heterocycles. The second-order valence-electron chi connectivity index (χ2n) is 4.04. The van der Waals surface area contributed by atoms with Crippen molar-refractivity contribution in [1.82, 2.24) is 10.2 Å². The van der Waals surface area contributed by atoms with Crippen molar-refractivity contribution in [2.45, 2.75) is 19.9 Å². The first-order chi connectivity index (χ1) is 7.59. The zero-order chi connectivity index (χ0) is 11.7. The van der Waals surface area contributed by atoms with Gasteiger partial charge in [-0.15, -0.1) is 0 Å². The molecule has 1 aromatic rings. The van der Waals surface area contributed by atoms with Gasteiger partial charge < -0.3 is 9.32 Å². The van der Waals surface area contributed by atoms with Crippen molar-refractivity contribution in [3.63, 3.8) is 0 Å². The van der Waals surface area contributed by atoms with Crippen LogP contribution in [-0.2, 0) is 4.79 Å². The van der Waals surface area contributed by atoms with Gasteiger partial charge in [0, 0.05) is 6.54 Å². The molecule has 2 heterocycles. The van der Waals surface area contributed by atoms with Gasteiger partial charge in [0.1, 0.15) is 5.76 Å². The SMILES string of the molecule is CC1CN(C(C)c2ccco2)C(=O)NC1=O. The van der Waals surface area contributed by atoms with Gasteiger partial charge in [-0.1, -0.05) is 6.92 Å². The van der Waals surface area contributed by atoms with Gasteiger partial charge in [0.15, 0.2) is 0 Å². The second-order valence-corrected chi connectivity index (χ2v) is 4.04. The molecule has 0 saturated carbocycles. The van der Waals surface area contributed by atoms with Crippen molar-refractivity contribution >= 4 is 11.9 Å². The number of urea groups is 1. The van der Waals surface area contributed by atoms with E-state index in [9.17, 15) is 9.59 Å². The number of carbonyl (C=O) groups excluding carboxylic acids is 2. The number of furan rings is 1. The molecular weight excluding hydrogens is 208 g/mol. The molecule has 1 fully saturated rings. The van der Waals surface area contributed by atoms with Gasteiger partial charge in [-0.3, -0.25) is 10.1 Å². The number of carbonyl (C=O) groups is 2. The summed E-state index contributed by atoms with van der Waals surface area (Å²) in [6.45, 7) is 4.09. The maximum atomic E-state index is 11.6. The predicted octanol–water partition coefficient (Wildman–Crippen LogP) is 1.53. The Morgan fingerprint density at radius 2 is 2.31 bits per heavy atom. The Morgan fingerprint density at radius 3 is 2.94 bits per heavy atom. The number of amides is 3. The van der Waals surface area contributed by atoms with Crippen molar-refractivity contribution < 1.29 is 14.0 Å². The molecule has 2 atom stereocenters. The van der Waals surface area contributed by atoms with E-state index >= 15 is 0 Å². The fraction of sp³-hybridized carbons (Fsp3) is 0.455. The van der Waals surface area contributed by atoms with E-state index < -0.39 is 0 Å². The van der Waals surface area contributed by atoms with E-state index in [-0.39, 0.29) is 23.9 Å². The van der Waals surface area contributed by atoms with Gasteiger partial charge in [0.2, 0.25) is 5.91 Å². The van der Waals surface area contributed by atoms with Crippen LogP contribution in [0.15, 0.2) is 22.8 Å². The summed E-state index contributed by atoms with van der Waals surface area (Å²) in [5, 5.41) is 2.33. The summed E-state index contributed by atoms with van der Waals surface area (Å²) in [6.07, 6.45) is 1.57. The van der Waals surface area contributed by atoms with Crippen LogP contribution >= 0.6 is 0 Å². The zero-order valence-electron chi connectivity index (χ0n) is 9.27. The van der Waals surface area contributed by atoms with E-state index in [4.69, 9.17) is 4.42 Å². The lowest BCUT2D eigenvalue weighted by molar-refractivity contribution is -0.125. The third-order valence-corrected chi connectivity index (χ3v) is 2.83. The Balaban J connectivity index is 2.15. The topological polar surface area (TPSA) is 62.6 Å². The monoisotopic (exact) mass is 222 g/mol. The summed E-state index contributed by atoms with van der Waals surface area (Å²) in [6, 6.07) is 3.08. The highest BCUT2D eigenvalue weighted by atomic mass is 16.3. The molecule has 1 aromatic heterocycles. The summed E-state index contributed by atoms with van der Waals surface area (Å²) in [5.74, 6) is 0.319. The first-order valence-electron chi connectivity index (χ1n) is 5.24. The standard InChI is InChI=1S/C11H14N2O3/c1-7-6-13(11(15)12-10(7)14)8(2)9-4-3-5-16-9/h3-5,7-8H,6H2,1-2H3,(H,12,14,15). The van der Waals surface area contributed by atoms with Crippen LogP contribution in [0.25, 0.3) is 0 Å². The summed E-state index contributed by atoms with van der Waals surface area (Å²) < 4.78 is 5.25. The van der Waals surface area contributed by atoms with Gasteiger partial charge in [0.05, 0.1) is 18.2 Å². The highest BCUT2D eigenvalue weighted by Gasteiger charge is 2.33. The second kappa shape index (κ2) is 4.00. The third kappa shape index (κ3) is 1.80. The Labute approximate surface area is 93.4 Å². The molecule has 0 radical (unpaired) electrons. The molecule has 2 unspecified atom stereocenters. The minimum atomic E-state index is -0.355. The molecule has 0 aliphatic carbocycles. The number of imide groups is 1. The Hall–Kier alpha value is -1.78. The van der Waals surface area contributed by atoms with Crippen molar-refractivity contribution in [3.05, 3.63) is 24.2 Å². The Bertz CT molecular complexity index is 399. The summed E-state index contributed by atoms with van der Waals surface area (Å²) in [7, 11) is 0. The molecule has 5 nitrogen and oxygen atoms in total. The molecule has 5 heteroatoms. The molecular formula is C11H14N2O3. The fourth-order valence-electron chi connectivity index (χ4n) is 1.78. The Morgan fingerprint density at radius 1 is 1.56 bits per heavy atom. The average molecular weight is 222 g/mol. The first-order valence-corrected chi connectivity index (χ1v) is 5.24. The third-order valence-electron chi connectivity index (χ3n) is 2.83. The molecule has 0 spiro atoms. The quantitative estimate of drug-likeness (QED) is 0.825. The van der Waals surface area contributed by atoms with Crippen molar-refractivity contribution in [3.8, 4) is 0 Å². The molecule has 86 valence electrons. The molecule has 0 aromatic carbocycles. The average Bonchev–Trinajstić information content (AvgIpc) is 2.75. The molecule has 16 heavy (non-hydrogen) atoms. The summed E-state index contributed by atoms with van der Waals surface area (Å²) >= 11 is 0. The summed E-state index contributed by atoms with van der Waals surface area (Å²) in [5.41, 5.74) is 0. The fourth-order valence-corrected chi connectivity index (χ4v) is 1.78. The van der Waals surface area contributed by atoms with E-state index in [1.165, 1.54) is 0 Å². The number of nitrogens with zero attached hydrogens (tertiary/aromatic N) is 1. The summed E-state index contributed by atoms with van der Waals surface area (Å²) in [4.78, 5) is 24.5. The van der Waals surface area contributed by atoms with Crippen LogP contribution in [0.2, 0.25) is 0 Å². The number of hydrogen-bond donors (Lipinski definition) is 1. The van der Waals surface area contributed by atoms with Gasteiger partial charge >= 0.3 is 6.03 Å². The predicted molar refractivity (Wildman–Crippen MR) is 56.5 cm³/mol. The highest BCUT2D eigenvalue weighted by molar-refractivity contribution is 5.97. The van der Waals surface area contributed by atoms with Crippen LogP contribution in [-0.4, -0.2) is 23.4 Å². The molecule has 0 bridgehead atoms. The van der Waals surface area contributed by atoms with Crippen LogP contribution in [0, 0.1) is 5.92 Å². The van der Waals surface area contributed by atoms with Crippen molar-refractivity contribution in [1.29, 1.82) is 0 Å². The zero-order valence-corrected chi connectivity index (χ0v) is 9.27. The van der Waals surface area contributed by atoms with E-state index in [0.29, 0.717) is 6.54 Å². The molecule has 1 N–H and O–H groups in total. The van der Waals surface area contributed by atoms with Gasteiger partial charge in [0.25, 0.3) is 0 Å². The number of rotatable bonds is 2. The van der Waals surface area contributed by atoms with Gasteiger partial charge in [-0.05, 0) is 19.1 Å². The lowest BCUT2D eigenvalue weighted by atomic mass is 10.1. The van der Waals surface area contributed by atoms with E-state index in [0.717, 1.165) is 5.76 Å². The normalized spacial score (nSPS) is 23.1.